The van der Waals surface area contributed by atoms with Gasteiger partial charge in [-0.1, -0.05) is 0 Å². The number of rotatable bonds is 1. The molecule has 0 bridgehead atoms. The van der Waals surface area contributed by atoms with Crippen molar-refractivity contribution in [1.29, 1.82) is 0 Å². The number of hydrogen-bond acceptors (Lipinski definition) is 4. The summed E-state index contributed by atoms with van der Waals surface area (Å²) in [6.07, 6.45) is 1.60. The van der Waals surface area contributed by atoms with E-state index in [1.54, 1.807) is 6.33 Å². The lowest BCUT2D eigenvalue weighted by Crippen LogP contribution is -2.38. The Balaban J connectivity index is 2.44. The summed E-state index contributed by atoms with van der Waals surface area (Å²) in [6.45, 7) is 7.89. The van der Waals surface area contributed by atoms with Gasteiger partial charge in [0.25, 0.3) is 0 Å². The SMILES string of the molecule is Cc1ncnc2c1OCCN2C(C)C. The summed E-state index contributed by atoms with van der Waals surface area (Å²) in [7, 11) is 0. The van der Waals surface area contributed by atoms with Crippen molar-refractivity contribution in [3.63, 3.8) is 0 Å². The maximum atomic E-state index is 5.57. The number of nitrogens with zero attached hydrogens (tertiary/aromatic N) is 3. The van der Waals surface area contributed by atoms with Crippen LogP contribution in [0.4, 0.5) is 5.82 Å². The highest BCUT2D eigenvalue weighted by atomic mass is 16.5. The third-order valence-corrected chi connectivity index (χ3v) is 2.44. The van der Waals surface area contributed by atoms with Crippen LogP contribution in [-0.4, -0.2) is 29.2 Å². The predicted octanol–water partition coefficient (Wildman–Crippen LogP) is 1.39. The molecule has 0 spiro atoms. The highest BCUT2D eigenvalue weighted by molar-refractivity contribution is 5.56. The number of anilines is 1. The molecule has 0 fully saturated rings. The van der Waals surface area contributed by atoms with Gasteiger partial charge in [-0.15, -0.1) is 0 Å². The van der Waals surface area contributed by atoms with Gasteiger partial charge in [0.2, 0.25) is 0 Å². The van der Waals surface area contributed by atoms with Gasteiger partial charge in [-0.3, -0.25) is 0 Å². The van der Waals surface area contributed by atoms with Gasteiger partial charge in [0.05, 0.1) is 12.2 Å². The van der Waals surface area contributed by atoms with Crippen LogP contribution in [0.1, 0.15) is 19.5 Å². The lowest BCUT2D eigenvalue weighted by Gasteiger charge is -2.33. The molecule has 0 amide bonds. The zero-order valence-corrected chi connectivity index (χ0v) is 8.82. The molecule has 1 aliphatic heterocycles. The summed E-state index contributed by atoms with van der Waals surface area (Å²) in [6, 6.07) is 0.451. The number of aryl methyl sites for hydroxylation is 1. The lowest BCUT2D eigenvalue weighted by molar-refractivity contribution is 0.296. The summed E-state index contributed by atoms with van der Waals surface area (Å²) < 4.78 is 5.57. The van der Waals surface area contributed by atoms with Gasteiger partial charge in [-0.25, -0.2) is 9.97 Å². The molecule has 0 atom stereocenters. The molecule has 0 saturated heterocycles. The van der Waals surface area contributed by atoms with E-state index in [4.69, 9.17) is 4.74 Å². The Labute approximate surface area is 83.9 Å². The number of hydrogen-bond donors (Lipinski definition) is 0. The fourth-order valence-corrected chi connectivity index (χ4v) is 1.68. The van der Waals surface area contributed by atoms with E-state index >= 15 is 0 Å². The third kappa shape index (κ3) is 1.41. The molecule has 0 N–H and O–H groups in total. The molecule has 1 aromatic heterocycles. The highest BCUT2D eigenvalue weighted by Gasteiger charge is 2.23. The van der Waals surface area contributed by atoms with Crippen LogP contribution < -0.4 is 9.64 Å². The first-order chi connectivity index (χ1) is 6.70. The average Bonchev–Trinajstić information content (AvgIpc) is 2.17. The van der Waals surface area contributed by atoms with E-state index in [1.807, 2.05) is 6.92 Å². The van der Waals surface area contributed by atoms with Crippen LogP contribution in [-0.2, 0) is 0 Å². The van der Waals surface area contributed by atoms with Crippen molar-refractivity contribution in [2.24, 2.45) is 0 Å². The molecule has 0 aromatic carbocycles. The van der Waals surface area contributed by atoms with Crippen molar-refractivity contribution >= 4 is 5.82 Å². The van der Waals surface area contributed by atoms with Crippen molar-refractivity contribution in [2.45, 2.75) is 26.8 Å². The summed E-state index contributed by atoms with van der Waals surface area (Å²) in [4.78, 5) is 10.6. The van der Waals surface area contributed by atoms with Crippen LogP contribution in [0.25, 0.3) is 0 Å². The predicted molar refractivity (Wildman–Crippen MR) is 54.7 cm³/mol. The standard InChI is InChI=1S/C10H15N3O/c1-7(2)13-4-5-14-9-8(3)11-6-12-10(9)13/h6-7H,4-5H2,1-3H3. The van der Waals surface area contributed by atoms with Crippen LogP contribution in [0, 0.1) is 6.92 Å². The summed E-state index contributed by atoms with van der Waals surface area (Å²) in [5, 5.41) is 0. The second kappa shape index (κ2) is 3.44. The van der Waals surface area contributed by atoms with Crippen molar-refractivity contribution in [1.82, 2.24) is 9.97 Å². The molecular weight excluding hydrogens is 178 g/mol. The van der Waals surface area contributed by atoms with Crippen molar-refractivity contribution in [3.8, 4) is 5.75 Å². The van der Waals surface area contributed by atoms with Crippen LogP contribution >= 0.6 is 0 Å². The average molecular weight is 193 g/mol. The second-order valence-corrected chi connectivity index (χ2v) is 3.75. The topological polar surface area (TPSA) is 38.3 Å². The molecule has 0 aliphatic carbocycles. The summed E-state index contributed by atoms with van der Waals surface area (Å²) >= 11 is 0. The summed E-state index contributed by atoms with van der Waals surface area (Å²) in [5.74, 6) is 1.77. The second-order valence-electron chi connectivity index (χ2n) is 3.75. The minimum Gasteiger partial charge on any atom is -0.486 e. The molecule has 14 heavy (non-hydrogen) atoms. The first-order valence-electron chi connectivity index (χ1n) is 4.91. The molecule has 2 rings (SSSR count). The van der Waals surface area contributed by atoms with E-state index in [1.165, 1.54) is 0 Å². The van der Waals surface area contributed by atoms with Crippen molar-refractivity contribution in [2.75, 3.05) is 18.1 Å². The number of ether oxygens (including phenoxy) is 1. The molecule has 0 radical (unpaired) electrons. The minimum atomic E-state index is 0.451. The van der Waals surface area contributed by atoms with E-state index < -0.39 is 0 Å². The molecule has 0 unspecified atom stereocenters. The zero-order valence-electron chi connectivity index (χ0n) is 8.82. The molecule has 1 aliphatic rings. The van der Waals surface area contributed by atoms with E-state index in [9.17, 15) is 0 Å². The number of fused-ring (bicyclic) bond motifs is 1. The maximum absolute atomic E-state index is 5.57. The normalized spacial score (nSPS) is 15.3. The fraction of sp³-hybridized carbons (Fsp3) is 0.600. The Hall–Kier alpha value is -1.32. The van der Waals surface area contributed by atoms with Gasteiger partial charge in [0, 0.05) is 6.04 Å². The Morgan fingerprint density at radius 3 is 2.93 bits per heavy atom. The molecule has 76 valence electrons. The first-order valence-corrected chi connectivity index (χ1v) is 4.91. The number of aromatic nitrogens is 2. The Morgan fingerprint density at radius 2 is 2.21 bits per heavy atom. The highest BCUT2D eigenvalue weighted by Crippen LogP contribution is 2.31. The van der Waals surface area contributed by atoms with Crippen LogP contribution in [0.3, 0.4) is 0 Å². The maximum Gasteiger partial charge on any atom is 0.183 e. The quantitative estimate of drug-likeness (QED) is 0.675. The third-order valence-electron chi connectivity index (χ3n) is 2.44. The van der Waals surface area contributed by atoms with Gasteiger partial charge in [-0.2, -0.15) is 0 Å². The summed E-state index contributed by atoms with van der Waals surface area (Å²) in [5.41, 5.74) is 0.917. The van der Waals surface area contributed by atoms with Crippen molar-refractivity contribution < 1.29 is 4.74 Å². The van der Waals surface area contributed by atoms with E-state index in [2.05, 4.69) is 28.7 Å². The molecule has 1 aromatic rings. The van der Waals surface area contributed by atoms with E-state index in [0.29, 0.717) is 6.04 Å². The largest absolute Gasteiger partial charge is 0.486 e. The monoisotopic (exact) mass is 193 g/mol. The van der Waals surface area contributed by atoms with Gasteiger partial charge in [0.1, 0.15) is 12.9 Å². The van der Waals surface area contributed by atoms with Crippen LogP contribution in [0.15, 0.2) is 6.33 Å². The molecular formula is C10H15N3O. The minimum absolute atomic E-state index is 0.451. The van der Waals surface area contributed by atoms with E-state index in [-0.39, 0.29) is 0 Å². The van der Waals surface area contributed by atoms with Gasteiger partial charge >= 0.3 is 0 Å². The van der Waals surface area contributed by atoms with Gasteiger partial charge in [-0.05, 0) is 20.8 Å². The molecule has 0 saturated carbocycles. The first kappa shape index (κ1) is 9.24. The molecule has 2 heterocycles. The zero-order chi connectivity index (χ0) is 10.1. The van der Waals surface area contributed by atoms with Crippen LogP contribution in [0.2, 0.25) is 0 Å². The molecule has 4 heteroatoms. The Bertz CT molecular complexity index is 338. The van der Waals surface area contributed by atoms with E-state index in [0.717, 1.165) is 30.4 Å². The van der Waals surface area contributed by atoms with Gasteiger partial charge in [0.15, 0.2) is 11.6 Å². The Morgan fingerprint density at radius 1 is 1.43 bits per heavy atom. The lowest BCUT2D eigenvalue weighted by atomic mass is 10.2. The van der Waals surface area contributed by atoms with Crippen molar-refractivity contribution in [3.05, 3.63) is 12.0 Å². The fourth-order valence-electron chi connectivity index (χ4n) is 1.68. The Kier molecular flexibility index (Phi) is 2.27. The van der Waals surface area contributed by atoms with Gasteiger partial charge < -0.3 is 9.64 Å². The smallest absolute Gasteiger partial charge is 0.183 e. The molecule has 4 nitrogen and oxygen atoms in total. The van der Waals surface area contributed by atoms with Crippen LogP contribution in [0.5, 0.6) is 5.75 Å².